The zero-order chi connectivity index (χ0) is 21.8. The lowest BCUT2D eigenvalue weighted by Crippen LogP contribution is -2.21. The van der Waals surface area contributed by atoms with Crippen LogP contribution >= 0.6 is 0 Å². The maximum atomic E-state index is 11.2. The van der Waals surface area contributed by atoms with Gasteiger partial charge in [0.05, 0.1) is 6.61 Å². The summed E-state index contributed by atoms with van der Waals surface area (Å²) in [4.78, 5) is 17.9. The van der Waals surface area contributed by atoms with Gasteiger partial charge in [0.2, 0.25) is 11.9 Å². The molecule has 0 bridgehead atoms. The van der Waals surface area contributed by atoms with Gasteiger partial charge in [-0.1, -0.05) is 24.3 Å². The second-order valence-corrected chi connectivity index (χ2v) is 7.35. The van der Waals surface area contributed by atoms with Gasteiger partial charge < -0.3 is 16.2 Å². The lowest BCUT2D eigenvalue weighted by molar-refractivity contribution is 0.100. The highest BCUT2D eigenvalue weighted by molar-refractivity contribution is 5.93. The number of nitrogens with zero attached hydrogens (tertiary/aromatic N) is 4. The van der Waals surface area contributed by atoms with E-state index in [4.69, 9.17) is 10.8 Å². The molecule has 2 aromatic heterocycles. The van der Waals surface area contributed by atoms with Crippen molar-refractivity contribution >= 4 is 23.2 Å². The summed E-state index contributed by atoms with van der Waals surface area (Å²) in [6.07, 6.45) is 1.85. The average Bonchev–Trinajstić information content (AvgIpc) is 3.17. The van der Waals surface area contributed by atoms with E-state index >= 15 is 0 Å². The molecule has 0 spiro atoms. The first kappa shape index (κ1) is 20.5. The van der Waals surface area contributed by atoms with Gasteiger partial charge in [-0.15, -0.1) is 5.10 Å². The highest BCUT2D eigenvalue weighted by atomic mass is 16.3. The first-order chi connectivity index (χ1) is 15.0. The summed E-state index contributed by atoms with van der Waals surface area (Å²) in [5.41, 5.74) is 10.4. The fourth-order valence-corrected chi connectivity index (χ4v) is 3.38. The number of nitrogens with one attached hydrogen (secondary N) is 1. The van der Waals surface area contributed by atoms with Crippen molar-refractivity contribution in [3.8, 4) is 11.1 Å². The van der Waals surface area contributed by atoms with Crippen molar-refractivity contribution in [2.75, 3.05) is 25.5 Å². The number of carbonyl (C=O) groups is 1. The van der Waals surface area contributed by atoms with Gasteiger partial charge in [0.1, 0.15) is 0 Å². The molecule has 0 aliphatic carbocycles. The Morgan fingerprint density at radius 2 is 1.87 bits per heavy atom. The van der Waals surface area contributed by atoms with Gasteiger partial charge in [-0.05, 0) is 54.6 Å². The molecule has 0 aliphatic heterocycles. The second kappa shape index (κ2) is 8.95. The Kier molecular flexibility index (Phi) is 5.92. The standard InChI is InChI=1S/C23H24N6O2/c1-28(13-14-30)15-16-4-6-17(7-5-16)20-3-2-12-29-22(20)26-23(27-29)25-19-10-8-18(9-11-19)21(24)31/h2-12,30H,13-15H2,1H3,(H2,24,31)(H,25,27). The number of nitrogens with two attached hydrogens (primary N) is 1. The van der Waals surface area contributed by atoms with E-state index in [0.717, 1.165) is 29.0 Å². The molecule has 8 nitrogen and oxygen atoms in total. The Hall–Kier alpha value is -3.75. The lowest BCUT2D eigenvalue weighted by atomic mass is 10.0. The quantitative estimate of drug-likeness (QED) is 0.407. The van der Waals surface area contributed by atoms with E-state index in [9.17, 15) is 4.79 Å². The van der Waals surface area contributed by atoms with Crippen LogP contribution < -0.4 is 11.1 Å². The molecule has 158 valence electrons. The van der Waals surface area contributed by atoms with Crippen LogP contribution in [0.3, 0.4) is 0 Å². The minimum Gasteiger partial charge on any atom is -0.395 e. The smallest absolute Gasteiger partial charge is 0.248 e. The molecule has 0 aliphatic rings. The third-order valence-electron chi connectivity index (χ3n) is 4.99. The first-order valence-corrected chi connectivity index (χ1v) is 9.94. The first-order valence-electron chi connectivity index (χ1n) is 9.94. The molecule has 31 heavy (non-hydrogen) atoms. The highest BCUT2D eigenvalue weighted by Crippen LogP contribution is 2.25. The van der Waals surface area contributed by atoms with E-state index in [2.05, 4.69) is 44.6 Å². The number of aliphatic hydroxyl groups excluding tert-OH is 1. The van der Waals surface area contributed by atoms with E-state index in [-0.39, 0.29) is 6.61 Å². The van der Waals surface area contributed by atoms with E-state index in [1.807, 2.05) is 25.4 Å². The topological polar surface area (TPSA) is 109 Å². The van der Waals surface area contributed by atoms with Crippen LogP contribution in [0.2, 0.25) is 0 Å². The molecule has 4 rings (SSSR count). The van der Waals surface area contributed by atoms with Crippen LogP contribution in [0.25, 0.3) is 16.8 Å². The summed E-state index contributed by atoms with van der Waals surface area (Å²) in [6, 6.07) is 19.1. The van der Waals surface area contributed by atoms with Crippen LogP contribution in [-0.4, -0.2) is 50.7 Å². The average molecular weight is 416 g/mol. The Morgan fingerprint density at radius 1 is 1.13 bits per heavy atom. The maximum absolute atomic E-state index is 11.2. The highest BCUT2D eigenvalue weighted by Gasteiger charge is 2.11. The molecule has 0 atom stereocenters. The van der Waals surface area contributed by atoms with E-state index < -0.39 is 5.91 Å². The normalized spacial score (nSPS) is 11.2. The predicted molar refractivity (Wildman–Crippen MR) is 120 cm³/mol. The summed E-state index contributed by atoms with van der Waals surface area (Å²) in [5, 5.41) is 16.7. The number of rotatable bonds is 8. The van der Waals surface area contributed by atoms with Gasteiger partial charge in [0.25, 0.3) is 0 Å². The van der Waals surface area contributed by atoms with E-state index in [0.29, 0.717) is 18.1 Å². The number of amides is 1. The van der Waals surface area contributed by atoms with Crippen LogP contribution in [0, 0.1) is 0 Å². The molecule has 2 heterocycles. The summed E-state index contributed by atoms with van der Waals surface area (Å²) in [6.45, 7) is 1.57. The summed E-state index contributed by atoms with van der Waals surface area (Å²) in [7, 11) is 1.98. The number of hydrogen-bond donors (Lipinski definition) is 3. The van der Waals surface area contributed by atoms with Crippen molar-refractivity contribution in [2.45, 2.75) is 6.54 Å². The van der Waals surface area contributed by atoms with Crippen molar-refractivity contribution in [1.82, 2.24) is 19.5 Å². The molecule has 8 heteroatoms. The Bertz CT molecular complexity index is 1190. The number of hydrogen-bond acceptors (Lipinski definition) is 6. The molecule has 0 radical (unpaired) electrons. The third-order valence-corrected chi connectivity index (χ3v) is 4.99. The molecule has 2 aromatic carbocycles. The zero-order valence-corrected chi connectivity index (χ0v) is 17.2. The maximum Gasteiger partial charge on any atom is 0.248 e. The molecular formula is C23H24N6O2. The third kappa shape index (κ3) is 4.71. The second-order valence-electron chi connectivity index (χ2n) is 7.35. The Morgan fingerprint density at radius 3 is 2.55 bits per heavy atom. The number of primary amides is 1. The SMILES string of the molecule is CN(CCO)Cc1ccc(-c2cccn3nc(Nc4ccc(C(N)=O)cc4)nc23)cc1. The number of fused-ring (bicyclic) bond motifs is 1. The molecule has 0 unspecified atom stereocenters. The number of benzene rings is 2. The largest absolute Gasteiger partial charge is 0.395 e. The van der Waals surface area contributed by atoms with Crippen molar-refractivity contribution in [1.29, 1.82) is 0 Å². The fraction of sp³-hybridized carbons (Fsp3) is 0.174. The van der Waals surface area contributed by atoms with Crippen LogP contribution in [-0.2, 0) is 6.54 Å². The van der Waals surface area contributed by atoms with Gasteiger partial charge >= 0.3 is 0 Å². The summed E-state index contributed by atoms with van der Waals surface area (Å²) in [5.74, 6) is -0.00497. The minimum absolute atomic E-state index is 0.148. The summed E-state index contributed by atoms with van der Waals surface area (Å²) < 4.78 is 1.73. The minimum atomic E-state index is -0.465. The zero-order valence-electron chi connectivity index (χ0n) is 17.2. The predicted octanol–water partition coefficient (Wildman–Crippen LogP) is 2.66. The Labute approximate surface area is 180 Å². The fourth-order valence-electron chi connectivity index (χ4n) is 3.38. The monoisotopic (exact) mass is 416 g/mol. The van der Waals surface area contributed by atoms with Crippen LogP contribution in [0.5, 0.6) is 0 Å². The number of anilines is 2. The number of aromatic nitrogens is 3. The molecule has 0 fully saturated rings. The molecule has 0 saturated heterocycles. The van der Waals surface area contributed by atoms with Gasteiger partial charge in [0.15, 0.2) is 5.65 Å². The number of likely N-dealkylation sites (N-methyl/N-ethyl adjacent to an activating group) is 1. The van der Waals surface area contributed by atoms with Crippen molar-refractivity contribution in [2.24, 2.45) is 5.73 Å². The summed E-state index contributed by atoms with van der Waals surface area (Å²) >= 11 is 0. The van der Waals surface area contributed by atoms with Crippen molar-refractivity contribution < 1.29 is 9.90 Å². The number of carbonyl (C=O) groups excluding carboxylic acids is 1. The molecule has 4 aromatic rings. The van der Waals surface area contributed by atoms with Crippen molar-refractivity contribution in [3.05, 3.63) is 78.0 Å². The van der Waals surface area contributed by atoms with Crippen LogP contribution in [0.4, 0.5) is 11.6 Å². The van der Waals surface area contributed by atoms with Crippen LogP contribution in [0.15, 0.2) is 66.9 Å². The van der Waals surface area contributed by atoms with Gasteiger partial charge in [-0.25, -0.2) is 4.52 Å². The molecular weight excluding hydrogens is 392 g/mol. The number of pyridine rings is 1. The van der Waals surface area contributed by atoms with Gasteiger partial charge in [-0.2, -0.15) is 4.98 Å². The van der Waals surface area contributed by atoms with Gasteiger partial charge in [0, 0.05) is 36.1 Å². The number of aliphatic hydroxyl groups is 1. The van der Waals surface area contributed by atoms with E-state index in [1.165, 1.54) is 5.56 Å². The Balaban J connectivity index is 1.57. The van der Waals surface area contributed by atoms with E-state index in [1.54, 1.807) is 28.8 Å². The van der Waals surface area contributed by atoms with Crippen molar-refractivity contribution in [3.63, 3.8) is 0 Å². The molecule has 4 N–H and O–H groups in total. The molecule has 0 saturated carbocycles. The van der Waals surface area contributed by atoms with Gasteiger partial charge in [-0.3, -0.25) is 9.69 Å². The van der Waals surface area contributed by atoms with Crippen LogP contribution in [0.1, 0.15) is 15.9 Å². The lowest BCUT2D eigenvalue weighted by Gasteiger charge is -2.15. The molecule has 1 amide bonds.